The highest BCUT2D eigenvalue weighted by atomic mass is 14.8. The van der Waals surface area contributed by atoms with Crippen LogP contribution in [0.2, 0.25) is 0 Å². The zero-order valence-corrected chi connectivity index (χ0v) is 13.1. The summed E-state index contributed by atoms with van der Waals surface area (Å²) in [5.41, 5.74) is 9.02. The van der Waals surface area contributed by atoms with Gasteiger partial charge in [-0.25, -0.2) is 9.97 Å². The molecule has 0 saturated carbocycles. The minimum absolute atomic E-state index is 0.0156. The Hall–Kier alpha value is -2.48. The maximum Gasteiger partial charge on any atom is 0.116 e. The third-order valence-corrected chi connectivity index (χ3v) is 4.77. The lowest BCUT2D eigenvalue weighted by atomic mass is 9.79. The van der Waals surface area contributed by atoms with Gasteiger partial charge in [-0.3, -0.25) is 0 Å². The van der Waals surface area contributed by atoms with Gasteiger partial charge in [0.05, 0.1) is 5.69 Å². The Bertz CT molecular complexity index is 864. The predicted molar refractivity (Wildman–Crippen MR) is 89.8 cm³/mol. The van der Waals surface area contributed by atoms with Crippen molar-refractivity contribution >= 4 is 0 Å². The van der Waals surface area contributed by atoms with Gasteiger partial charge in [0.2, 0.25) is 0 Å². The van der Waals surface area contributed by atoms with Crippen molar-refractivity contribution in [1.29, 1.82) is 0 Å². The number of fused-ring (bicyclic) bond motifs is 3. The van der Waals surface area contributed by atoms with Crippen LogP contribution < -0.4 is 0 Å². The van der Waals surface area contributed by atoms with E-state index in [-0.39, 0.29) is 5.41 Å². The standard InChI is InChI=1S/C20H18N2/c1-13-8-9-15(17-10-11-21-12-22-17)19-18(13)14-6-4-5-7-16(14)20(19,2)3/h4-12H,1-3H3. The SMILES string of the molecule is Cc1ccc(-c2ccncn2)c2c1-c1ccccc1C2(C)C. The Morgan fingerprint density at radius 1 is 0.909 bits per heavy atom. The zero-order valence-electron chi connectivity index (χ0n) is 13.1. The summed E-state index contributed by atoms with van der Waals surface area (Å²) in [7, 11) is 0. The molecule has 0 atom stereocenters. The summed E-state index contributed by atoms with van der Waals surface area (Å²) in [5.74, 6) is 0. The molecule has 1 heterocycles. The highest BCUT2D eigenvalue weighted by Gasteiger charge is 2.38. The Labute approximate surface area is 130 Å². The van der Waals surface area contributed by atoms with Gasteiger partial charge < -0.3 is 0 Å². The molecular weight excluding hydrogens is 268 g/mol. The lowest BCUT2D eigenvalue weighted by Gasteiger charge is -2.24. The highest BCUT2D eigenvalue weighted by Crippen LogP contribution is 2.52. The summed E-state index contributed by atoms with van der Waals surface area (Å²) in [4.78, 5) is 8.52. The molecule has 1 aliphatic rings. The fourth-order valence-corrected chi connectivity index (χ4v) is 3.75. The van der Waals surface area contributed by atoms with Crippen molar-refractivity contribution in [2.75, 3.05) is 0 Å². The Morgan fingerprint density at radius 2 is 1.73 bits per heavy atom. The van der Waals surface area contributed by atoms with Gasteiger partial charge in [-0.05, 0) is 40.8 Å². The first-order valence-corrected chi connectivity index (χ1v) is 7.61. The van der Waals surface area contributed by atoms with Crippen molar-refractivity contribution < 1.29 is 0 Å². The Morgan fingerprint density at radius 3 is 2.50 bits per heavy atom. The van der Waals surface area contributed by atoms with E-state index in [1.54, 1.807) is 6.33 Å². The molecule has 0 spiro atoms. The maximum atomic E-state index is 4.47. The van der Waals surface area contributed by atoms with E-state index in [4.69, 9.17) is 0 Å². The van der Waals surface area contributed by atoms with Crippen LogP contribution in [0.25, 0.3) is 22.4 Å². The van der Waals surface area contributed by atoms with Crippen molar-refractivity contribution in [3.63, 3.8) is 0 Å². The maximum absolute atomic E-state index is 4.47. The smallest absolute Gasteiger partial charge is 0.116 e. The first-order chi connectivity index (χ1) is 10.6. The summed E-state index contributed by atoms with van der Waals surface area (Å²) in [6.45, 7) is 6.81. The minimum atomic E-state index is -0.0156. The van der Waals surface area contributed by atoms with E-state index in [1.165, 1.54) is 33.4 Å². The molecular formula is C20H18N2. The largest absolute Gasteiger partial charge is 0.245 e. The van der Waals surface area contributed by atoms with Gasteiger partial charge in [0.1, 0.15) is 6.33 Å². The van der Waals surface area contributed by atoms with Crippen LogP contribution in [-0.2, 0) is 5.41 Å². The van der Waals surface area contributed by atoms with Gasteiger partial charge in [0.25, 0.3) is 0 Å². The number of aryl methyl sites for hydroxylation is 1. The average molecular weight is 286 g/mol. The molecule has 1 aliphatic carbocycles. The number of benzene rings is 2. The molecule has 0 saturated heterocycles. The van der Waals surface area contributed by atoms with E-state index in [1.807, 2.05) is 12.3 Å². The Kier molecular flexibility index (Phi) is 2.70. The molecule has 0 bridgehead atoms. The van der Waals surface area contributed by atoms with Crippen LogP contribution in [0.1, 0.15) is 30.5 Å². The predicted octanol–water partition coefficient (Wildman–Crippen LogP) is 4.76. The molecule has 2 aromatic carbocycles. The molecule has 108 valence electrons. The molecule has 1 aromatic heterocycles. The minimum Gasteiger partial charge on any atom is -0.245 e. The van der Waals surface area contributed by atoms with E-state index in [9.17, 15) is 0 Å². The molecule has 0 N–H and O–H groups in total. The third-order valence-electron chi connectivity index (χ3n) is 4.77. The summed E-state index contributed by atoms with van der Waals surface area (Å²) in [6.07, 6.45) is 3.43. The molecule has 2 nitrogen and oxygen atoms in total. The van der Waals surface area contributed by atoms with Crippen LogP contribution in [0, 0.1) is 6.92 Å². The fourth-order valence-electron chi connectivity index (χ4n) is 3.75. The van der Waals surface area contributed by atoms with Gasteiger partial charge in [-0.1, -0.05) is 50.2 Å². The van der Waals surface area contributed by atoms with Gasteiger partial charge in [0, 0.05) is 17.2 Å². The normalized spacial score (nSPS) is 14.5. The second-order valence-corrected chi connectivity index (χ2v) is 6.45. The zero-order chi connectivity index (χ0) is 15.3. The molecule has 22 heavy (non-hydrogen) atoms. The summed E-state index contributed by atoms with van der Waals surface area (Å²) >= 11 is 0. The summed E-state index contributed by atoms with van der Waals surface area (Å²) in [5, 5.41) is 0. The molecule has 0 unspecified atom stereocenters. The van der Waals surface area contributed by atoms with E-state index >= 15 is 0 Å². The molecule has 4 rings (SSSR count). The van der Waals surface area contributed by atoms with Crippen LogP contribution >= 0.6 is 0 Å². The van der Waals surface area contributed by atoms with Crippen molar-refractivity contribution in [3.05, 3.63) is 71.7 Å². The first-order valence-electron chi connectivity index (χ1n) is 7.61. The topological polar surface area (TPSA) is 25.8 Å². The monoisotopic (exact) mass is 286 g/mol. The number of hydrogen-bond acceptors (Lipinski definition) is 2. The molecule has 0 fully saturated rings. The van der Waals surface area contributed by atoms with E-state index in [0.29, 0.717) is 0 Å². The lowest BCUT2D eigenvalue weighted by molar-refractivity contribution is 0.661. The van der Waals surface area contributed by atoms with Crippen LogP contribution in [-0.4, -0.2) is 9.97 Å². The Balaban J connectivity index is 2.10. The number of aromatic nitrogens is 2. The van der Waals surface area contributed by atoms with Crippen molar-refractivity contribution in [1.82, 2.24) is 9.97 Å². The number of hydrogen-bond donors (Lipinski definition) is 0. The summed E-state index contributed by atoms with van der Waals surface area (Å²) in [6, 6.07) is 15.1. The van der Waals surface area contributed by atoms with E-state index in [2.05, 4.69) is 67.1 Å². The molecule has 3 aromatic rings. The van der Waals surface area contributed by atoms with Gasteiger partial charge in [0.15, 0.2) is 0 Å². The molecule has 2 heteroatoms. The second kappa shape index (κ2) is 4.51. The van der Waals surface area contributed by atoms with Gasteiger partial charge in [-0.2, -0.15) is 0 Å². The van der Waals surface area contributed by atoms with Crippen molar-refractivity contribution in [3.8, 4) is 22.4 Å². The van der Waals surface area contributed by atoms with E-state index in [0.717, 1.165) is 5.69 Å². The lowest BCUT2D eigenvalue weighted by Crippen LogP contribution is -2.16. The van der Waals surface area contributed by atoms with Gasteiger partial charge >= 0.3 is 0 Å². The average Bonchev–Trinajstić information content (AvgIpc) is 2.79. The van der Waals surface area contributed by atoms with Crippen LogP contribution in [0.5, 0.6) is 0 Å². The fraction of sp³-hybridized carbons (Fsp3) is 0.200. The van der Waals surface area contributed by atoms with Crippen LogP contribution in [0.3, 0.4) is 0 Å². The second-order valence-electron chi connectivity index (χ2n) is 6.45. The van der Waals surface area contributed by atoms with Crippen molar-refractivity contribution in [2.24, 2.45) is 0 Å². The number of nitrogens with zero attached hydrogens (tertiary/aromatic N) is 2. The van der Waals surface area contributed by atoms with Gasteiger partial charge in [-0.15, -0.1) is 0 Å². The molecule has 0 amide bonds. The van der Waals surface area contributed by atoms with Crippen molar-refractivity contribution in [2.45, 2.75) is 26.2 Å². The van der Waals surface area contributed by atoms with Crippen LogP contribution in [0.4, 0.5) is 0 Å². The highest BCUT2D eigenvalue weighted by molar-refractivity contribution is 5.89. The summed E-state index contributed by atoms with van der Waals surface area (Å²) < 4.78 is 0. The number of rotatable bonds is 1. The quantitative estimate of drug-likeness (QED) is 0.644. The van der Waals surface area contributed by atoms with Crippen LogP contribution in [0.15, 0.2) is 55.0 Å². The molecule has 0 radical (unpaired) electrons. The third kappa shape index (κ3) is 1.67. The first kappa shape index (κ1) is 13.2. The van der Waals surface area contributed by atoms with E-state index < -0.39 is 0 Å². The molecule has 0 aliphatic heterocycles.